The first-order chi connectivity index (χ1) is 15.1. The Labute approximate surface area is 185 Å². The second-order valence-electron chi connectivity index (χ2n) is 8.78. The van der Waals surface area contributed by atoms with Gasteiger partial charge in [0.1, 0.15) is 36.6 Å². The third-order valence-corrected chi connectivity index (χ3v) is 6.41. The molecule has 2 saturated heterocycles. The summed E-state index contributed by atoms with van der Waals surface area (Å²) in [6.45, 7) is -0.499. The van der Waals surface area contributed by atoms with Gasteiger partial charge in [0.05, 0.1) is 30.9 Å². The molecule has 1 aliphatic carbocycles. The third kappa shape index (κ3) is 5.24. The Bertz CT molecular complexity index is 607. The first-order valence-electron chi connectivity index (χ1n) is 10.8. The van der Waals surface area contributed by atoms with E-state index in [4.69, 9.17) is 47.6 Å². The molecule has 14 heteroatoms. The van der Waals surface area contributed by atoms with Crippen molar-refractivity contribution in [2.75, 3.05) is 13.2 Å². The van der Waals surface area contributed by atoms with Gasteiger partial charge in [-0.05, 0) is 12.8 Å². The van der Waals surface area contributed by atoms with Crippen LogP contribution in [0.1, 0.15) is 12.8 Å². The van der Waals surface area contributed by atoms with Crippen LogP contribution in [-0.2, 0) is 18.9 Å². The molecule has 1 saturated carbocycles. The van der Waals surface area contributed by atoms with E-state index in [1.165, 1.54) is 0 Å². The lowest BCUT2D eigenvalue weighted by atomic mass is 9.84. The van der Waals surface area contributed by atoms with Crippen molar-refractivity contribution in [1.29, 1.82) is 0 Å². The van der Waals surface area contributed by atoms with Crippen LogP contribution in [0.4, 0.5) is 0 Å². The second-order valence-corrected chi connectivity index (χ2v) is 8.78. The molecule has 2 heterocycles. The van der Waals surface area contributed by atoms with Crippen LogP contribution in [0, 0.1) is 0 Å². The van der Waals surface area contributed by atoms with Crippen LogP contribution in [-0.4, -0.2) is 124 Å². The van der Waals surface area contributed by atoms with Gasteiger partial charge in [0.25, 0.3) is 0 Å². The zero-order valence-electron chi connectivity index (χ0n) is 17.7. The Hall–Kier alpha value is -0.560. The predicted molar refractivity (Wildman–Crippen MR) is 108 cm³/mol. The van der Waals surface area contributed by atoms with Crippen LogP contribution < -0.4 is 28.7 Å². The van der Waals surface area contributed by atoms with Gasteiger partial charge in [0.2, 0.25) is 0 Å². The van der Waals surface area contributed by atoms with Gasteiger partial charge in [0.15, 0.2) is 12.6 Å². The van der Waals surface area contributed by atoms with Gasteiger partial charge in [-0.25, -0.2) is 0 Å². The summed E-state index contributed by atoms with van der Waals surface area (Å²) in [5.74, 6) is 0. The number of aliphatic hydroxyl groups excluding tert-OH is 5. The van der Waals surface area contributed by atoms with E-state index in [9.17, 15) is 25.5 Å². The average molecular weight is 468 g/mol. The number of ether oxygens (including phenoxy) is 4. The van der Waals surface area contributed by atoms with E-state index in [1.54, 1.807) is 0 Å². The standard InChI is InChI=1S/C18H37N5O9/c19-3-9-8(25)2-7(22)17(29-9)31-15-5(20)1-6(21)16(14(15)28)32-18-13(27)11(23)12(26)10(4-24)30-18/h5-18,24-28H,1-4,19-23H2/t5-,6-,7-,8+,9+,10+,11-,12-,13-,14+,15-,16-,17-,18-/m1/s1. The van der Waals surface area contributed by atoms with Crippen molar-refractivity contribution in [3.05, 3.63) is 0 Å². The lowest BCUT2D eigenvalue weighted by molar-refractivity contribution is -0.314. The zero-order chi connectivity index (χ0) is 23.7. The van der Waals surface area contributed by atoms with Crippen LogP contribution in [0.3, 0.4) is 0 Å². The average Bonchev–Trinajstić information content (AvgIpc) is 2.75. The molecule has 14 nitrogen and oxygen atoms in total. The molecule has 0 aromatic rings. The van der Waals surface area contributed by atoms with E-state index in [0.29, 0.717) is 0 Å². The van der Waals surface area contributed by atoms with Gasteiger partial charge in [-0.1, -0.05) is 0 Å². The van der Waals surface area contributed by atoms with E-state index < -0.39 is 92.2 Å². The maximum Gasteiger partial charge on any atom is 0.186 e. The summed E-state index contributed by atoms with van der Waals surface area (Å²) in [5.41, 5.74) is 29.8. The van der Waals surface area contributed by atoms with Gasteiger partial charge < -0.3 is 73.1 Å². The molecule has 3 rings (SSSR count). The molecule has 14 atom stereocenters. The molecule has 0 radical (unpaired) electrons. The molecule has 15 N–H and O–H groups in total. The summed E-state index contributed by atoms with van der Waals surface area (Å²) in [6.07, 6.45) is -10.8. The molecule has 0 spiro atoms. The molecular weight excluding hydrogens is 430 g/mol. The maximum absolute atomic E-state index is 11.0. The Kier molecular flexibility index (Phi) is 8.79. The van der Waals surface area contributed by atoms with Crippen molar-refractivity contribution in [3.8, 4) is 0 Å². The molecule has 0 amide bonds. The molecule has 0 bridgehead atoms. The Balaban J connectivity index is 1.70. The van der Waals surface area contributed by atoms with Crippen molar-refractivity contribution < 1.29 is 44.5 Å². The second kappa shape index (κ2) is 10.8. The summed E-state index contributed by atoms with van der Waals surface area (Å²) in [7, 11) is 0. The summed E-state index contributed by atoms with van der Waals surface area (Å²) in [5, 5.41) is 50.7. The number of hydrogen-bond donors (Lipinski definition) is 10. The highest BCUT2D eigenvalue weighted by molar-refractivity contribution is 5.01. The van der Waals surface area contributed by atoms with Crippen molar-refractivity contribution in [1.82, 2.24) is 0 Å². The highest BCUT2D eigenvalue weighted by atomic mass is 16.7. The van der Waals surface area contributed by atoms with Gasteiger partial charge >= 0.3 is 0 Å². The van der Waals surface area contributed by atoms with Crippen LogP contribution in [0.5, 0.6) is 0 Å². The Morgan fingerprint density at radius 1 is 0.719 bits per heavy atom. The van der Waals surface area contributed by atoms with Crippen LogP contribution in [0.25, 0.3) is 0 Å². The smallest absolute Gasteiger partial charge is 0.186 e. The van der Waals surface area contributed by atoms with E-state index in [-0.39, 0.29) is 19.4 Å². The van der Waals surface area contributed by atoms with Crippen LogP contribution in [0.2, 0.25) is 0 Å². The minimum absolute atomic E-state index is 0.0542. The lowest BCUT2D eigenvalue weighted by Crippen LogP contribution is -2.68. The number of hydrogen-bond acceptors (Lipinski definition) is 14. The molecule has 3 fully saturated rings. The SMILES string of the molecule is NC[C@@H]1O[C@H](O[C@H]2[C@H](O)[C@H](O[C@H]3O[C@@H](CO)[C@@H](O)[C@@H](N)[C@H]3O)[C@H](N)C[C@H]2N)[C@H](N)C[C@@H]1O. The molecule has 0 aromatic heterocycles. The van der Waals surface area contributed by atoms with E-state index in [0.717, 1.165) is 0 Å². The summed E-state index contributed by atoms with van der Waals surface area (Å²) < 4.78 is 22.7. The van der Waals surface area contributed by atoms with Crippen molar-refractivity contribution in [2.45, 2.75) is 98.4 Å². The van der Waals surface area contributed by atoms with E-state index >= 15 is 0 Å². The molecule has 188 valence electrons. The minimum Gasteiger partial charge on any atom is -0.394 e. The zero-order valence-corrected chi connectivity index (χ0v) is 17.7. The molecule has 0 aromatic carbocycles. The molecule has 32 heavy (non-hydrogen) atoms. The van der Waals surface area contributed by atoms with Gasteiger partial charge in [0, 0.05) is 18.6 Å². The van der Waals surface area contributed by atoms with Crippen molar-refractivity contribution >= 4 is 0 Å². The largest absolute Gasteiger partial charge is 0.394 e. The van der Waals surface area contributed by atoms with Crippen LogP contribution >= 0.6 is 0 Å². The van der Waals surface area contributed by atoms with Gasteiger partial charge in [-0.2, -0.15) is 0 Å². The van der Waals surface area contributed by atoms with E-state index in [1.807, 2.05) is 0 Å². The summed E-state index contributed by atoms with van der Waals surface area (Å²) >= 11 is 0. The molecule has 3 aliphatic rings. The van der Waals surface area contributed by atoms with Crippen LogP contribution in [0.15, 0.2) is 0 Å². The fraction of sp³-hybridized carbons (Fsp3) is 1.00. The lowest BCUT2D eigenvalue weighted by Gasteiger charge is -2.47. The third-order valence-electron chi connectivity index (χ3n) is 6.41. The predicted octanol–water partition coefficient (Wildman–Crippen LogP) is -6.30. The molecular formula is C18H37N5O9. The summed E-state index contributed by atoms with van der Waals surface area (Å²) in [6, 6.07) is -3.27. The number of nitrogens with two attached hydrogens (primary N) is 5. The Morgan fingerprint density at radius 3 is 1.84 bits per heavy atom. The maximum atomic E-state index is 11.0. The number of rotatable bonds is 6. The highest BCUT2D eigenvalue weighted by Gasteiger charge is 2.50. The van der Waals surface area contributed by atoms with E-state index in [2.05, 4.69) is 0 Å². The monoisotopic (exact) mass is 467 g/mol. The molecule has 0 unspecified atom stereocenters. The number of aliphatic hydroxyl groups is 5. The molecule has 2 aliphatic heterocycles. The van der Waals surface area contributed by atoms with Crippen molar-refractivity contribution in [2.24, 2.45) is 28.7 Å². The quantitative estimate of drug-likeness (QED) is 0.174. The normalized spacial score (nSPS) is 52.7. The van der Waals surface area contributed by atoms with Crippen molar-refractivity contribution in [3.63, 3.8) is 0 Å². The van der Waals surface area contributed by atoms with Gasteiger partial charge in [-0.3, -0.25) is 0 Å². The fourth-order valence-electron chi connectivity index (χ4n) is 4.43. The minimum atomic E-state index is -1.44. The topological polar surface area (TPSA) is 268 Å². The van der Waals surface area contributed by atoms with Gasteiger partial charge in [-0.15, -0.1) is 0 Å². The highest BCUT2D eigenvalue weighted by Crippen LogP contribution is 2.30. The fourth-order valence-corrected chi connectivity index (χ4v) is 4.43. The summed E-state index contributed by atoms with van der Waals surface area (Å²) in [4.78, 5) is 0. The first-order valence-corrected chi connectivity index (χ1v) is 10.8. The first kappa shape index (κ1) is 26.1. The Morgan fingerprint density at radius 2 is 1.28 bits per heavy atom.